The average Bonchev–Trinajstić information content (AvgIpc) is 2.99. The molecular weight excluding hydrogens is 321 g/mol. The SMILES string of the molecule is NC(=O)[C@@H]1CCCN(Cc2cn(-c3ccc(F)c(Cl)c3)nn2)C1. The molecule has 23 heavy (non-hydrogen) atoms. The number of benzene rings is 1. The van der Waals surface area contributed by atoms with Crippen molar-refractivity contribution in [3.05, 3.63) is 40.9 Å². The molecule has 0 spiro atoms. The molecule has 0 unspecified atom stereocenters. The normalized spacial score (nSPS) is 19.0. The standard InChI is InChI=1S/C15H17ClFN5O/c16-13-6-12(3-4-14(13)17)22-9-11(19-20-22)8-21-5-1-2-10(7-21)15(18)23/h3-4,6,9-10H,1-2,5,7-8H2,(H2,18,23)/t10-/m1/s1. The number of hydrogen-bond donors (Lipinski definition) is 1. The molecule has 1 aliphatic heterocycles. The van der Waals surface area contributed by atoms with Gasteiger partial charge in [-0.25, -0.2) is 9.07 Å². The van der Waals surface area contributed by atoms with Gasteiger partial charge < -0.3 is 5.73 Å². The molecule has 122 valence electrons. The molecule has 1 fully saturated rings. The van der Waals surface area contributed by atoms with E-state index in [9.17, 15) is 9.18 Å². The van der Waals surface area contributed by atoms with Crippen molar-refractivity contribution in [2.75, 3.05) is 13.1 Å². The highest BCUT2D eigenvalue weighted by Crippen LogP contribution is 2.20. The Bertz CT molecular complexity index is 720. The summed E-state index contributed by atoms with van der Waals surface area (Å²) >= 11 is 5.78. The van der Waals surface area contributed by atoms with Crippen molar-refractivity contribution in [2.24, 2.45) is 11.7 Å². The molecule has 0 aliphatic carbocycles. The zero-order valence-corrected chi connectivity index (χ0v) is 13.2. The van der Waals surface area contributed by atoms with Crippen LogP contribution in [0.1, 0.15) is 18.5 Å². The highest BCUT2D eigenvalue weighted by molar-refractivity contribution is 6.30. The lowest BCUT2D eigenvalue weighted by molar-refractivity contribution is -0.123. The van der Waals surface area contributed by atoms with Crippen LogP contribution in [-0.2, 0) is 11.3 Å². The summed E-state index contributed by atoms with van der Waals surface area (Å²) in [5, 5.41) is 8.21. The van der Waals surface area contributed by atoms with E-state index in [1.165, 1.54) is 12.1 Å². The third-order valence-corrected chi connectivity index (χ3v) is 4.29. The number of nitrogens with zero attached hydrogens (tertiary/aromatic N) is 4. The van der Waals surface area contributed by atoms with Gasteiger partial charge in [-0.15, -0.1) is 5.10 Å². The van der Waals surface area contributed by atoms with Gasteiger partial charge in [-0.1, -0.05) is 16.8 Å². The molecule has 2 heterocycles. The maximum absolute atomic E-state index is 13.2. The molecule has 1 aliphatic rings. The highest BCUT2D eigenvalue weighted by Gasteiger charge is 2.24. The summed E-state index contributed by atoms with van der Waals surface area (Å²) in [4.78, 5) is 13.5. The van der Waals surface area contributed by atoms with Crippen molar-refractivity contribution in [2.45, 2.75) is 19.4 Å². The van der Waals surface area contributed by atoms with Gasteiger partial charge in [0.1, 0.15) is 5.82 Å². The van der Waals surface area contributed by atoms with E-state index >= 15 is 0 Å². The zero-order chi connectivity index (χ0) is 16.4. The van der Waals surface area contributed by atoms with E-state index in [-0.39, 0.29) is 16.8 Å². The van der Waals surface area contributed by atoms with Crippen LogP contribution in [0.4, 0.5) is 4.39 Å². The Balaban J connectivity index is 1.69. The number of nitrogens with two attached hydrogens (primary N) is 1. The molecule has 2 N–H and O–H groups in total. The van der Waals surface area contributed by atoms with Crippen LogP contribution < -0.4 is 5.73 Å². The topological polar surface area (TPSA) is 77.0 Å². The number of amides is 1. The first-order valence-corrected chi connectivity index (χ1v) is 7.79. The van der Waals surface area contributed by atoms with E-state index < -0.39 is 5.82 Å². The Hall–Kier alpha value is -1.99. The fourth-order valence-electron chi connectivity index (χ4n) is 2.79. The number of carbonyl (C=O) groups excluding carboxylic acids is 1. The van der Waals surface area contributed by atoms with E-state index in [2.05, 4.69) is 15.2 Å². The maximum atomic E-state index is 13.2. The fraction of sp³-hybridized carbons (Fsp3) is 0.400. The second kappa shape index (κ2) is 6.64. The first kappa shape index (κ1) is 15.9. The predicted octanol–water partition coefficient (Wildman–Crippen LogP) is 1.76. The van der Waals surface area contributed by atoms with Crippen LogP contribution >= 0.6 is 11.6 Å². The number of piperidine rings is 1. The molecule has 0 radical (unpaired) electrons. The Kier molecular flexibility index (Phi) is 4.58. The van der Waals surface area contributed by atoms with Crippen LogP contribution in [-0.4, -0.2) is 38.9 Å². The van der Waals surface area contributed by atoms with Gasteiger partial charge in [-0.05, 0) is 37.6 Å². The van der Waals surface area contributed by atoms with Crippen LogP contribution in [0.5, 0.6) is 0 Å². The molecule has 1 amide bonds. The van der Waals surface area contributed by atoms with Crippen LogP contribution in [0.15, 0.2) is 24.4 Å². The Labute approximate surface area is 138 Å². The maximum Gasteiger partial charge on any atom is 0.221 e. The van der Waals surface area contributed by atoms with Crippen molar-refractivity contribution >= 4 is 17.5 Å². The van der Waals surface area contributed by atoms with Crippen molar-refractivity contribution < 1.29 is 9.18 Å². The van der Waals surface area contributed by atoms with Crippen molar-refractivity contribution in [3.8, 4) is 5.69 Å². The number of primary amides is 1. The summed E-state index contributed by atoms with van der Waals surface area (Å²) in [5.74, 6) is -0.824. The van der Waals surface area contributed by atoms with Crippen LogP contribution in [0.3, 0.4) is 0 Å². The number of likely N-dealkylation sites (tertiary alicyclic amines) is 1. The molecule has 8 heteroatoms. The minimum absolute atomic E-state index is 0.0416. The van der Waals surface area contributed by atoms with E-state index in [1.807, 2.05) is 0 Å². The van der Waals surface area contributed by atoms with Gasteiger partial charge in [0.25, 0.3) is 0 Å². The number of rotatable bonds is 4. The van der Waals surface area contributed by atoms with E-state index in [0.29, 0.717) is 18.8 Å². The number of carbonyl (C=O) groups is 1. The first-order chi connectivity index (χ1) is 11.0. The van der Waals surface area contributed by atoms with Crippen molar-refractivity contribution in [3.63, 3.8) is 0 Å². The fourth-order valence-corrected chi connectivity index (χ4v) is 2.96. The Morgan fingerprint density at radius 3 is 3.04 bits per heavy atom. The van der Waals surface area contributed by atoms with Gasteiger partial charge in [0.05, 0.1) is 28.5 Å². The summed E-state index contributed by atoms with van der Waals surface area (Å²) in [6.45, 7) is 2.14. The number of aromatic nitrogens is 3. The van der Waals surface area contributed by atoms with Gasteiger partial charge in [-0.3, -0.25) is 9.69 Å². The average molecular weight is 338 g/mol. The van der Waals surface area contributed by atoms with E-state index in [4.69, 9.17) is 17.3 Å². The third-order valence-electron chi connectivity index (χ3n) is 4.00. The lowest BCUT2D eigenvalue weighted by atomic mass is 9.97. The Morgan fingerprint density at radius 2 is 2.30 bits per heavy atom. The second-order valence-corrected chi connectivity index (χ2v) is 6.14. The molecule has 6 nitrogen and oxygen atoms in total. The zero-order valence-electron chi connectivity index (χ0n) is 12.5. The summed E-state index contributed by atoms with van der Waals surface area (Å²) in [5.41, 5.74) is 6.80. The quantitative estimate of drug-likeness (QED) is 0.922. The molecule has 1 atom stereocenters. The van der Waals surface area contributed by atoms with Crippen molar-refractivity contribution in [1.82, 2.24) is 19.9 Å². The monoisotopic (exact) mass is 337 g/mol. The molecule has 1 saturated heterocycles. The van der Waals surface area contributed by atoms with E-state index in [0.717, 1.165) is 25.1 Å². The number of halogens is 2. The number of hydrogen-bond acceptors (Lipinski definition) is 4. The van der Waals surface area contributed by atoms with Gasteiger partial charge in [0.15, 0.2) is 0 Å². The van der Waals surface area contributed by atoms with Crippen LogP contribution in [0.2, 0.25) is 5.02 Å². The molecular formula is C15H17ClFN5O. The van der Waals surface area contributed by atoms with Gasteiger partial charge in [0, 0.05) is 13.1 Å². The van der Waals surface area contributed by atoms with Gasteiger partial charge in [-0.2, -0.15) is 0 Å². The minimum Gasteiger partial charge on any atom is -0.369 e. The lowest BCUT2D eigenvalue weighted by Crippen LogP contribution is -2.40. The highest BCUT2D eigenvalue weighted by atomic mass is 35.5. The summed E-state index contributed by atoms with van der Waals surface area (Å²) in [6, 6.07) is 4.38. The van der Waals surface area contributed by atoms with Gasteiger partial charge >= 0.3 is 0 Å². The first-order valence-electron chi connectivity index (χ1n) is 7.41. The molecule has 1 aromatic carbocycles. The van der Waals surface area contributed by atoms with Crippen molar-refractivity contribution in [1.29, 1.82) is 0 Å². The molecule has 0 bridgehead atoms. The molecule has 0 saturated carbocycles. The summed E-state index contributed by atoms with van der Waals surface area (Å²) in [6.07, 6.45) is 3.55. The third kappa shape index (κ3) is 3.68. The summed E-state index contributed by atoms with van der Waals surface area (Å²) in [7, 11) is 0. The smallest absolute Gasteiger partial charge is 0.221 e. The molecule has 1 aromatic heterocycles. The van der Waals surface area contributed by atoms with Gasteiger partial charge in [0.2, 0.25) is 5.91 Å². The van der Waals surface area contributed by atoms with Crippen LogP contribution in [0, 0.1) is 11.7 Å². The Morgan fingerprint density at radius 1 is 1.48 bits per heavy atom. The van der Waals surface area contributed by atoms with Crippen LogP contribution in [0.25, 0.3) is 5.69 Å². The molecule has 2 aromatic rings. The molecule has 3 rings (SSSR count). The largest absolute Gasteiger partial charge is 0.369 e. The van der Waals surface area contributed by atoms with E-state index in [1.54, 1.807) is 16.9 Å². The predicted molar refractivity (Wildman–Crippen MR) is 83.5 cm³/mol. The minimum atomic E-state index is -0.471. The summed E-state index contributed by atoms with van der Waals surface area (Å²) < 4.78 is 14.8. The second-order valence-electron chi connectivity index (χ2n) is 5.73. The lowest BCUT2D eigenvalue weighted by Gasteiger charge is -2.30.